The highest BCUT2D eigenvalue weighted by atomic mass is 19.1. The first-order chi connectivity index (χ1) is 13.7. The molecule has 4 rings (SSSR count). The van der Waals surface area contributed by atoms with Gasteiger partial charge in [-0.3, -0.25) is 4.68 Å². The first-order valence-corrected chi connectivity index (χ1v) is 8.89. The average molecular weight is 374 g/mol. The smallest absolute Gasteiger partial charge is 0.123 e. The Morgan fingerprint density at radius 2 is 1.68 bits per heavy atom. The molecular formula is C22H19FN4O. The van der Waals surface area contributed by atoms with Gasteiger partial charge < -0.3 is 4.74 Å². The van der Waals surface area contributed by atoms with E-state index in [4.69, 9.17) is 9.84 Å². The van der Waals surface area contributed by atoms with Crippen LogP contribution in [0.4, 0.5) is 4.39 Å². The Bertz CT molecular complexity index is 1070. The van der Waals surface area contributed by atoms with Crippen LogP contribution in [0.15, 0.2) is 67.0 Å². The minimum Gasteiger partial charge on any atom is -0.497 e. The van der Waals surface area contributed by atoms with E-state index in [1.807, 2.05) is 41.9 Å². The number of nitrogens with zero attached hydrogens (tertiary/aromatic N) is 4. The largest absolute Gasteiger partial charge is 0.497 e. The van der Waals surface area contributed by atoms with E-state index in [9.17, 15) is 4.39 Å². The van der Waals surface area contributed by atoms with Gasteiger partial charge in [-0.15, -0.1) is 0 Å². The first-order valence-electron chi connectivity index (χ1n) is 8.89. The maximum Gasteiger partial charge on any atom is 0.123 e. The van der Waals surface area contributed by atoms with Crippen LogP contribution < -0.4 is 4.74 Å². The number of halogens is 1. The van der Waals surface area contributed by atoms with Crippen molar-refractivity contribution in [3.63, 3.8) is 0 Å². The summed E-state index contributed by atoms with van der Waals surface area (Å²) >= 11 is 0. The van der Waals surface area contributed by atoms with Crippen LogP contribution in [0.25, 0.3) is 22.4 Å². The number of methoxy groups -OCH3 is 1. The van der Waals surface area contributed by atoms with E-state index in [1.54, 1.807) is 31.6 Å². The molecule has 0 aliphatic rings. The molecule has 0 saturated heterocycles. The van der Waals surface area contributed by atoms with E-state index in [0.29, 0.717) is 6.54 Å². The molecule has 2 aromatic heterocycles. The molecule has 0 fully saturated rings. The van der Waals surface area contributed by atoms with Gasteiger partial charge in [-0.25, -0.2) is 4.39 Å². The summed E-state index contributed by atoms with van der Waals surface area (Å²) in [6, 6.07) is 16.2. The third-order valence-corrected chi connectivity index (χ3v) is 4.69. The van der Waals surface area contributed by atoms with Gasteiger partial charge in [0.15, 0.2) is 0 Å². The van der Waals surface area contributed by atoms with Gasteiger partial charge in [0, 0.05) is 22.4 Å². The summed E-state index contributed by atoms with van der Waals surface area (Å²) in [5.41, 5.74) is 5.64. The van der Waals surface area contributed by atoms with Gasteiger partial charge in [0.25, 0.3) is 0 Å². The summed E-state index contributed by atoms with van der Waals surface area (Å²) < 4.78 is 20.6. The molecule has 0 aliphatic heterocycles. The number of ether oxygens (including phenoxy) is 1. The van der Waals surface area contributed by atoms with E-state index in [2.05, 4.69) is 10.2 Å². The van der Waals surface area contributed by atoms with E-state index >= 15 is 0 Å². The molecule has 2 aromatic carbocycles. The van der Waals surface area contributed by atoms with Crippen molar-refractivity contribution in [1.82, 2.24) is 20.0 Å². The Kier molecular flexibility index (Phi) is 4.85. The maximum absolute atomic E-state index is 13.4. The maximum atomic E-state index is 13.4. The molecule has 5 nitrogen and oxygen atoms in total. The van der Waals surface area contributed by atoms with Crippen molar-refractivity contribution in [3.8, 4) is 28.1 Å². The molecule has 0 unspecified atom stereocenters. The van der Waals surface area contributed by atoms with E-state index < -0.39 is 0 Å². The lowest BCUT2D eigenvalue weighted by atomic mass is 10.0. The van der Waals surface area contributed by atoms with Gasteiger partial charge in [-0.05, 0) is 55.0 Å². The van der Waals surface area contributed by atoms with Gasteiger partial charge >= 0.3 is 0 Å². The lowest BCUT2D eigenvalue weighted by Gasteiger charge is -2.07. The summed E-state index contributed by atoms with van der Waals surface area (Å²) in [5, 5.41) is 12.7. The molecule has 0 radical (unpaired) electrons. The molecule has 2 heterocycles. The van der Waals surface area contributed by atoms with Crippen molar-refractivity contribution in [2.45, 2.75) is 13.5 Å². The Morgan fingerprint density at radius 3 is 2.32 bits per heavy atom. The molecule has 140 valence electrons. The summed E-state index contributed by atoms with van der Waals surface area (Å²) in [5.74, 6) is 0.543. The Hall–Kier alpha value is -3.54. The zero-order chi connectivity index (χ0) is 19.5. The minimum absolute atomic E-state index is 0.273. The summed E-state index contributed by atoms with van der Waals surface area (Å²) in [7, 11) is 1.65. The van der Waals surface area contributed by atoms with E-state index in [0.717, 1.165) is 39.4 Å². The molecule has 0 saturated carbocycles. The average Bonchev–Trinajstić information content (AvgIpc) is 3.06. The van der Waals surface area contributed by atoms with Crippen molar-refractivity contribution < 1.29 is 9.13 Å². The molecule has 0 N–H and O–H groups in total. The highest BCUT2D eigenvalue weighted by Crippen LogP contribution is 2.34. The Balaban J connectivity index is 1.80. The molecule has 0 aliphatic carbocycles. The monoisotopic (exact) mass is 374 g/mol. The molecule has 0 atom stereocenters. The summed E-state index contributed by atoms with van der Waals surface area (Å²) in [6.07, 6.45) is 3.37. The zero-order valence-corrected chi connectivity index (χ0v) is 15.6. The molecule has 0 spiro atoms. The number of hydrogen-bond acceptors (Lipinski definition) is 4. The quantitative estimate of drug-likeness (QED) is 0.516. The summed E-state index contributed by atoms with van der Waals surface area (Å²) in [4.78, 5) is 0. The van der Waals surface area contributed by atoms with Crippen molar-refractivity contribution >= 4 is 0 Å². The number of benzene rings is 2. The van der Waals surface area contributed by atoms with Gasteiger partial charge in [-0.1, -0.05) is 12.1 Å². The Labute approximate surface area is 162 Å². The SMILES string of the molecule is COc1ccc(Cn2nc(-c3ccc(F)cc3)c(-c3ccnnc3)c2C)cc1. The topological polar surface area (TPSA) is 52.8 Å². The van der Waals surface area contributed by atoms with Crippen LogP contribution in [0, 0.1) is 12.7 Å². The highest BCUT2D eigenvalue weighted by Gasteiger charge is 2.18. The van der Waals surface area contributed by atoms with Crippen molar-refractivity contribution in [1.29, 1.82) is 0 Å². The van der Waals surface area contributed by atoms with Crippen LogP contribution in [0.2, 0.25) is 0 Å². The van der Waals surface area contributed by atoms with Crippen molar-refractivity contribution in [2.24, 2.45) is 0 Å². The molecule has 4 aromatic rings. The van der Waals surface area contributed by atoms with Crippen molar-refractivity contribution in [3.05, 3.63) is 84.1 Å². The third kappa shape index (κ3) is 3.49. The fourth-order valence-electron chi connectivity index (χ4n) is 3.20. The van der Waals surface area contributed by atoms with Gasteiger partial charge in [-0.2, -0.15) is 15.3 Å². The van der Waals surface area contributed by atoms with Crippen LogP contribution in [0.1, 0.15) is 11.3 Å². The second kappa shape index (κ2) is 7.60. The number of rotatable bonds is 5. The highest BCUT2D eigenvalue weighted by molar-refractivity contribution is 5.82. The molecule has 28 heavy (non-hydrogen) atoms. The van der Waals surface area contributed by atoms with Crippen molar-refractivity contribution in [2.75, 3.05) is 7.11 Å². The molecular weight excluding hydrogens is 355 g/mol. The normalized spacial score (nSPS) is 10.8. The van der Waals surface area contributed by atoms with Gasteiger partial charge in [0.1, 0.15) is 17.3 Å². The van der Waals surface area contributed by atoms with E-state index in [1.165, 1.54) is 12.1 Å². The number of aromatic nitrogens is 4. The minimum atomic E-state index is -0.273. The standard InChI is InChI=1S/C22H19FN4O/c1-15-21(18-11-12-24-25-13-18)22(17-5-7-19(23)8-6-17)26-27(15)14-16-3-9-20(28-2)10-4-16/h3-13H,14H2,1-2H3. The van der Waals surface area contributed by atoms with Crippen LogP contribution >= 0.6 is 0 Å². The second-order valence-electron chi connectivity index (χ2n) is 6.45. The van der Waals surface area contributed by atoms with Gasteiger partial charge in [0.2, 0.25) is 0 Å². The Morgan fingerprint density at radius 1 is 0.929 bits per heavy atom. The zero-order valence-electron chi connectivity index (χ0n) is 15.6. The number of hydrogen-bond donors (Lipinski definition) is 0. The first kappa shape index (κ1) is 17.9. The lowest BCUT2D eigenvalue weighted by Crippen LogP contribution is -2.04. The lowest BCUT2D eigenvalue weighted by molar-refractivity contribution is 0.414. The van der Waals surface area contributed by atoms with Crippen LogP contribution in [-0.2, 0) is 6.54 Å². The van der Waals surface area contributed by atoms with E-state index in [-0.39, 0.29) is 5.82 Å². The van der Waals surface area contributed by atoms with Crippen LogP contribution in [0.3, 0.4) is 0 Å². The molecule has 6 heteroatoms. The third-order valence-electron chi connectivity index (χ3n) is 4.69. The second-order valence-corrected chi connectivity index (χ2v) is 6.45. The fraction of sp³-hybridized carbons (Fsp3) is 0.136. The van der Waals surface area contributed by atoms with Crippen LogP contribution in [0.5, 0.6) is 5.75 Å². The molecule has 0 bridgehead atoms. The molecule has 0 amide bonds. The summed E-state index contributed by atoms with van der Waals surface area (Å²) in [6.45, 7) is 2.64. The fourth-order valence-corrected chi connectivity index (χ4v) is 3.20. The predicted octanol–water partition coefficient (Wildman–Crippen LogP) is 4.51. The van der Waals surface area contributed by atoms with Crippen LogP contribution in [-0.4, -0.2) is 27.1 Å². The van der Waals surface area contributed by atoms with Gasteiger partial charge in [0.05, 0.1) is 26.0 Å². The predicted molar refractivity (Wildman–Crippen MR) is 105 cm³/mol.